The third-order valence-electron chi connectivity index (χ3n) is 7.86. The van der Waals surface area contributed by atoms with Gasteiger partial charge in [-0.2, -0.15) is 0 Å². The SMILES string of the molecule is O=C1OC2(c3ccccc3Oc3ccccc32)c2ccc(NCC3CCCO3)c(NCC3CCCO3)c21. The quantitative estimate of drug-likeness (QED) is 0.439. The van der Waals surface area contributed by atoms with Crippen LogP contribution in [0.1, 0.15) is 52.7 Å². The molecule has 7 nitrogen and oxygen atoms in total. The van der Waals surface area contributed by atoms with E-state index in [2.05, 4.69) is 16.7 Å². The van der Waals surface area contributed by atoms with Crippen LogP contribution in [0.2, 0.25) is 0 Å². The van der Waals surface area contributed by atoms with Crippen LogP contribution in [0.15, 0.2) is 60.7 Å². The molecule has 0 aromatic heterocycles. The highest BCUT2D eigenvalue weighted by atomic mass is 16.6. The lowest BCUT2D eigenvalue weighted by Gasteiger charge is -2.36. The summed E-state index contributed by atoms with van der Waals surface area (Å²) in [5, 5.41) is 7.12. The van der Waals surface area contributed by atoms with E-state index in [-0.39, 0.29) is 18.2 Å². The van der Waals surface area contributed by atoms with Gasteiger partial charge in [-0.1, -0.05) is 42.5 Å². The van der Waals surface area contributed by atoms with Crippen molar-refractivity contribution in [2.45, 2.75) is 43.5 Å². The van der Waals surface area contributed by atoms with E-state index in [4.69, 9.17) is 18.9 Å². The summed E-state index contributed by atoms with van der Waals surface area (Å²) in [4.78, 5) is 13.8. The second kappa shape index (κ2) is 9.08. The van der Waals surface area contributed by atoms with Gasteiger partial charge in [-0.3, -0.25) is 0 Å². The van der Waals surface area contributed by atoms with E-state index in [0.29, 0.717) is 30.2 Å². The van der Waals surface area contributed by atoms with Crippen LogP contribution < -0.4 is 15.4 Å². The molecular formula is C30H30N2O5. The van der Waals surface area contributed by atoms with E-state index in [9.17, 15) is 4.79 Å². The number of para-hydroxylation sites is 2. The predicted octanol–water partition coefficient (Wildman–Crippen LogP) is 5.44. The summed E-state index contributed by atoms with van der Waals surface area (Å²) in [6.07, 6.45) is 4.48. The van der Waals surface area contributed by atoms with Gasteiger partial charge in [-0.15, -0.1) is 0 Å². The first-order chi connectivity index (χ1) is 18.2. The first-order valence-electron chi connectivity index (χ1n) is 13.2. The van der Waals surface area contributed by atoms with Gasteiger partial charge in [0, 0.05) is 43.0 Å². The third kappa shape index (κ3) is 3.68. The standard InChI is InChI=1S/C30H30N2O5/c33-29-27-23(30(37-29)21-9-1-3-11-25(21)36-26-12-4-2-10-22(26)30)13-14-24(31-17-19-7-5-15-34-19)28(27)32-18-20-8-6-16-35-20/h1-4,9-14,19-20,31-32H,5-8,15-18H2. The van der Waals surface area contributed by atoms with Gasteiger partial charge in [0.15, 0.2) is 5.60 Å². The molecule has 2 N–H and O–H groups in total. The van der Waals surface area contributed by atoms with Gasteiger partial charge in [-0.25, -0.2) is 4.79 Å². The molecule has 0 saturated carbocycles. The first kappa shape index (κ1) is 22.6. The summed E-state index contributed by atoms with van der Waals surface area (Å²) in [7, 11) is 0. The largest absolute Gasteiger partial charge is 0.456 e. The number of ether oxygens (including phenoxy) is 4. The molecule has 7 rings (SSSR count). The van der Waals surface area contributed by atoms with Crippen molar-refractivity contribution < 1.29 is 23.7 Å². The van der Waals surface area contributed by atoms with E-state index in [0.717, 1.165) is 67.0 Å². The summed E-state index contributed by atoms with van der Waals surface area (Å²) < 4.78 is 24.3. The molecule has 7 heteroatoms. The van der Waals surface area contributed by atoms with Gasteiger partial charge < -0.3 is 29.6 Å². The zero-order valence-corrected chi connectivity index (χ0v) is 20.6. The molecule has 0 aliphatic carbocycles. The van der Waals surface area contributed by atoms with Crippen LogP contribution in [-0.4, -0.2) is 44.5 Å². The monoisotopic (exact) mass is 498 g/mol. The number of carbonyl (C=O) groups is 1. The molecule has 4 aliphatic heterocycles. The van der Waals surface area contributed by atoms with E-state index >= 15 is 0 Å². The second-order valence-electron chi connectivity index (χ2n) is 10.1. The fourth-order valence-corrected chi connectivity index (χ4v) is 6.09. The van der Waals surface area contributed by atoms with Crippen molar-refractivity contribution in [1.82, 2.24) is 0 Å². The number of hydrogen-bond donors (Lipinski definition) is 2. The molecule has 2 atom stereocenters. The van der Waals surface area contributed by atoms with E-state index in [1.54, 1.807) is 0 Å². The van der Waals surface area contributed by atoms with Gasteiger partial charge in [0.2, 0.25) is 0 Å². The highest BCUT2D eigenvalue weighted by Crippen LogP contribution is 2.57. The fraction of sp³-hybridized carbons (Fsp3) is 0.367. The minimum atomic E-state index is -1.08. The molecule has 0 radical (unpaired) electrons. The number of nitrogens with one attached hydrogen (secondary N) is 2. The summed E-state index contributed by atoms with van der Waals surface area (Å²) in [5.41, 5.74) is 3.58. The number of carbonyl (C=O) groups excluding carboxylic acids is 1. The number of anilines is 2. The Morgan fingerprint density at radius 3 is 2.00 bits per heavy atom. The number of rotatable bonds is 6. The lowest BCUT2D eigenvalue weighted by atomic mass is 9.77. The Hall–Kier alpha value is -3.55. The Morgan fingerprint density at radius 2 is 1.38 bits per heavy atom. The molecule has 190 valence electrons. The summed E-state index contributed by atoms with van der Waals surface area (Å²) in [5.74, 6) is 1.03. The van der Waals surface area contributed by atoms with Crippen LogP contribution in [0.25, 0.3) is 0 Å². The normalized spacial score (nSPS) is 22.6. The van der Waals surface area contributed by atoms with Crippen molar-refractivity contribution in [3.63, 3.8) is 0 Å². The topological polar surface area (TPSA) is 78.1 Å². The van der Waals surface area contributed by atoms with E-state index in [1.807, 2.05) is 54.6 Å². The summed E-state index contributed by atoms with van der Waals surface area (Å²) in [6.45, 7) is 2.90. The van der Waals surface area contributed by atoms with E-state index in [1.165, 1.54) is 0 Å². The number of esters is 1. The molecule has 37 heavy (non-hydrogen) atoms. The Labute approximate surface area is 216 Å². The Kier molecular flexibility index (Phi) is 5.55. The van der Waals surface area contributed by atoms with Crippen molar-refractivity contribution in [1.29, 1.82) is 0 Å². The molecule has 2 fully saturated rings. The van der Waals surface area contributed by atoms with Crippen molar-refractivity contribution in [2.24, 2.45) is 0 Å². The van der Waals surface area contributed by atoms with Crippen LogP contribution >= 0.6 is 0 Å². The molecule has 1 spiro atoms. The maximum Gasteiger partial charge on any atom is 0.342 e. The second-order valence-corrected chi connectivity index (χ2v) is 10.1. The zero-order chi connectivity index (χ0) is 24.8. The third-order valence-corrected chi connectivity index (χ3v) is 7.86. The average Bonchev–Trinajstić information content (AvgIpc) is 3.69. The summed E-state index contributed by atoms with van der Waals surface area (Å²) in [6, 6.07) is 19.7. The minimum Gasteiger partial charge on any atom is -0.456 e. The van der Waals surface area contributed by atoms with Crippen LogP contribution in [0, 0.1) is 0 Å². The van der Waals surface area contributed by atoms with Crippen molar-refractivity contribution in [3.05, 3.63) is 82.9 Å². The van der Waals surface area contributed by atoms with Gasteiger partial charge in [-0.05, 0) is 43.9 Å². The minimum absolute atomic E-state index is 0.123. The molecule has 2 saturated heterocycles. The highest BCUT2D eigenvalue weighted by molar-refractivity contribution is 6.05. The highest BCUT2D eigenvalue weighted by Gasteiger charge is 2.54. The lowest BCUT2D eigenvalue weighted by molar-refractivity contribution is 0.0224. The van der Waals surface area contributed by atoms with E-state index < -0.39 is 5.60 Å². The van der Waals surface area contributed by atoms with Crippen molar-refractivity contribution >= 4 is 17.3 Å². The fourth-order valence-electron chi connectivity index (χ4n) is 6.09. The first-order valence-corrected chi connectivity index (χ1v) is 13.2. The maximum atomic E-state index is 13.8. The number of hydrogen-bond acceptors (Lipinski definition) is 7. The average molecular weight is 499 g/mol. The molecule has 3 aromatic rings. The Bertz CT molecular complexity index is 1300. The van der Waals surface area contributed by atoms with Crippen LogP contribution in [-0.2, 0) is 19.8 Å². The molecule has 4 heterocycles. The van der Waals surface area contributed by atoms with Gasteiger partial charge in [0.25, 0.3) is 0 Å². The molecule has 0 amide bonds. The Morgan fingerprint density at radius 1 is 0.757 bits per heavy atom. The van der Waals surface area contributed by atoms with Crippen molar-refractivity contribution in [2.75, 3.05) is 36.9 Å². The molecule has 2 unspecified atom stereocenters. The number of benzene rings is 3. The zero-order valence-electron chi connectivity index (χ0n) is 20.6. The molecular weight excluding hydrogens is 468 g/mol. The lowest BCUT2D eigenvalue weighted by Crippen LogP contribution is -2.32. The Balaban J connectivity index is 1.36. The predicted molar refractivity (Wildman–Crippen MR) is 140 cm³/mol. The number of fused-ring (bicyclic) bond motifs is 6. The van der Waals surface area contributed by atoms with Crippen LogP contribution in [0.4, 0.5) is 11.4 Å². The molecule has 4 aliphatic rings. The van der Waals surface area contributed by atoms with Gasteiger partial charge in [0.1, 0.15) is 11.5 Å². The van der Waals surface area contributed by atoms with Crippen LogP contribution in [0.3, 0.4) is 0 Å². The summed E-state index contributed by atoms with van der Waals surface area (Å²) >= 11 is 0. The smallest absolute Gasteiger partial charge is 0.342 e. The van der Waals surface area contributed by atoms with Gasteiger partial charge in [0.05, 0.1) is 29.1 Å². The van der Waals surface area contributed by atoms with Crippen LogP contribution in [0.5, 0.6) is 11.5 Å². The van der Waals surface area contributed by atoms with Gasteiger partial charge >= 0.3 is 5.97 Å². The molecule has 0 bridgehead atoms. The molecule has 3 aromatic carbocycles. The van der Waals surface area contributed by atoms with Crippen molar-refractivity contribution in [3.8, 4) is 11.5 Å². The maximum absolute atomic E-state index is 13.8.